The van der Waals surface area contributed by atoms with E-state index in [9.17, 15) is 9.90 Å². The van der Waals surface area contributed by atoms with Gasteiger partial charge in [-0.2, -0.15) is 0 Å². The fourth-order valence-electron chi connectivity index (χ4n) is 4.20. The third kappa shape index (κ3) is 2.46. The number of carbonyl (C=O) groups is 1. The summed E-state index contributed by atoms with van der Waals surface area (Å²) in [5, 5.41) is 16.6. The van der Waals surface area contributed by atoms with Gasteiger partial charge in [-0.05, 0) is 74.6 Å². The van der Waals surface area contributed by atoms with Gasteiger partial charge in [0.25, 0.3) is 0 Å². The van der Waals surface area contributed by atoms with Gasteiger partial charge in [0.15, 0.2) is 0 Å². The summed E-state index contributed by atoms with van der Waals surface area (Å²) in [4.78, 5) is 12.0. The Labute approximate surface area is 162 Å². The fourth-order valence-corrected chi connectivity index (χ4v) is 4.20. The Morgan fingerprint density at radius 2 is 1.29 bits per heavy atom. The lowest BCUT2D eigenvalue weighted by Gasteiger charge is -2.17. The molecule has 5 aromatic carbocycles. The van der Waals surface area contributed by atoms with Crippen molar-refractivity contribution in [2.75, 3.05) is 0 Å². The van der Waals surface area contributed by atoms with Gasteiger partial charge in [-0.25, -0.2) is 4.79 Å². The van der Waals surface area contributed by atoms with Crippen LogP contribution < -0.4 is 0 Å². The lowest BCUT2D eigenvalue weighted by molar-refractivity contribution is 0.0697. The third-order valence-corrected chi connectivity index (χ3v) is 5.48. The van der Waals surface area contributed by atoms with Crippen LogP contribution >= 0.6 is 0 Å². The van der Waals surface area contributed by atoms with Crippen LogP contribution in [0.1, 0.15) is 15.9 Å². The number of hydrogen-bond donors (Lipinski definition) is 1. The molecule has 0 aromatic heterocycles. The van der Waals surface area contributed by atoms with Crippen LogP contribution in [0, 0.1) is 6.92 Å². The standard InChI is InChI=1S/C26H18O2/c1-16-7-6-12-22(26(27)28)24(16)25-21-11-5-4-10-19(21)14-20-13-17-8-2-3-9-18(17)15-23(20)25/h2-15H,1H3,(H,27,28). The van der Waals surface area contributed by atoms with Crippen molar-refractivity contribution in [2.45, 2.75) is 6.92 Å². The van der Waals surface area contributed by atoms with Crippen molar-refractivity contribution >= 4 is 38.3 Å². The molecule has 0 unspecified atom stereocenters. The molecule has 0 saturated carbocycles. The maximum atomic E-state index is 12.0. The lowest BCUT2D eigenvalue weighted by atomic mass is 9.86. The minimum Gasteiger partial charge on any atom is -0.478 e. The molecule has 1 N–H and O–H groups in total. The van der Waals surface area contributed by atoms with Gasteiger partial charge >= 0.3 is 5.97 Å². The van der Waals surface area contributed by atoms with Gasteiger partial charge in [0, 0.05) is 5.56 Å². The monoisotopic (exact) mass is 362 g/mol. The van der Waals surface area contributed by atoms with Crippen LogP contribution in [-0.4, -0.2) is 11.1 Å². The lowest BCUT2D eigenvalue weighted by Crippen LogP contribution is -2.02. The maximum absolute atomic E-state index is 12.0. The molecular weight excluding hydrogens is 344 g/mol. The van der Waals surface area contributed by atoms with Crippen LogP contribution in [0.15, 0.2) is 84.9 Å². The van der Waals surface area contributed by atoms with Crippen LogP contribution in [0.25, 0.3) is 43.4 Å². The highest BCUT2D eigenvalue weighted by molar-refractivity contribution is 6.18. The quantitative estimate of drug-likeness (QED) is 0.350. The van der Waals surface area contributed by atoms with E-state index in [2.05, 4.69) is 42.5 Å². The van der Waals surface area contributed by atoms with E-state index in [4.69, 9.17) is 0 Å². The molecule has 0 heterocycles. The Hall–Kier alpha value is -3.65. The SMILES string of the molecule is Cc1cccc(C(=O)O)c1-c1c2ccccc2cc2cc3ccccc3cc12. The van der Waals surface area contributed by atoms with Gasteiger partial charge in [-0.1, -0.05) is 60.7 Å². The van der Waals surface area contributed by atoms with Crippen LogP contribution in [0.2, 0.25) is 0 Å². The van der Waals surface area contributed by atoms with Crippen molar-refractivity contribution in [3.63, 3.8) is 0 Å². The normalized spacial score (nSPS) is 11.3. The molecule has 2 heteroatoms. The number of hydrogen-bond acceptors (Lipinski definition) is 1. The predicted molar refractivity (Wildman–Crippen MR) is 116 cm³/mol. The molecule has 5 rings (SSSR count). The van der Waals surface area contributed by atoms with Crippen LogP contribution in [0.4, 0.5) is 0 Å². The molecule has 0 amide bonds. The molecule has 0 aliphatic heterocycles. The molecular formula is C26H18O2. The minimum absolute atomic E-state index is 0.339. The van der Waals surface area contributed by atoms with Crippen LogP contribution in [0.5, 0.6) is 0 Å². The molecule has 0 fully saturated rings. The minimum atomic E-state index is -0.902. The molecule has 0 bridgehead atoms. The topological polar surface area (TPSA) is 37.3 Å². The summed E-state index contributed by atoms with van der Waals surface area (Å²) in [5.74, 6) is -0.902. The Bertz CT molecular complexity index is 1390. The second kappa shape index (κ2) is 6.21. The van der Waals surface area contributed by atoms with E-state index in [0.717, 1.165) is 43.6 Å². The molecule has 5 aromatic rings. The fraction of sp³-hybridized carbons (Fsp3) is 0.0385. The highest BCUT2D eigenvalue weighted by atomic mass is 16.4. The summed E-state index contributed by atoms with van der Waals surface area (Å²) >= 11 is 0. The van der Waals surface area contributed by atoms with Crippen molar-refractivity contribution in [1.29, 1.82) is 0 Å². The molecule has 0 spiro atoms. The smallest absolute Gasteiger partial charge is 0.336 e. The first-order valence-electron chi connectivity index (χ1n) is 9.31. The zero-order valence-electron chi connectivity index (χ0n) is 15.4. The second-order valence-electron chi connectivity index (χ2n) is 7.20. The van der Waals surface area contributed by atoms with Crippen molar-refractivity contribution in [3.8, 4) is 11.1 Å². The van der Waals surface area contributed by atoms with E-state index < -0.39 is 5.97 Å². The Morgan fingerprint density at radius 1 is 0.643 bits per heavy atom. The predicted octanol–water partition coefficient (Wildman–Crippen LogP) is 6.82. The van der Waals surface area contributed by atoms with Gasteiger partial charge in [0.05, 0.1) is 5.56 Å². The molecule has 28 heavy (non-hydrogen) atoms. The first-order chi connectivity index (χ1) is 13.6. The van der Waals surface area contributed by atoms with E-state index in [0.29, 0.717) is 5.56 Å². The molecule has 0 aliphatic carbocycles. The molecule has 0 atom stereocenters. The number of carboxylic acid groups (broad SMARTS) is 1. The first kappa shape index (κ1) is 16.5. The summed E-state index contributed by atoms with van der Waals surface area (Å²) < 4.78 is 0. The van der Waals surface area contributed by atoms with E-state index in [1.807, 2.05) is 43.3 Å². The van der Waals surface area contributed by atoms with E-state index in [1.165, 1.54) is 5.39 Å². The number of rotatable bonds is 2. The van der Waals surface area contributed by atoms with Crippen LogP contribution in [0.3, 0.4) is 0 Å². The van der Waals surface area contributed by atoms with Crippen LogP contribution in [-0.2, 0) is 0 Å². The number of fused-ring (bicyclic) bond motifs is 3. The number of benzene rings is 5. The van der Waals surface area contributed by atoms with Crippen molar-refractivity contribution in [3.05, 3.63) is 96.1 Å². The highest BCUT2D eigenvalue weighted by Gasteiger charge is 2.19. The summed E-state index contributed by atoms with van der Waals surface area (Å²) in [5.41, 5.74) is 3.10. The summed E-state index contributed by atoms with van der Waals surface area (Å²) in [6.07, 6.45) is 0. The Kier molecular flexibility index (Phi) is 3.66. The third-order valence-electron chi connectivity index (χ3n) is 5.48. The van der Waals surface area contributed by atoms with E-state index >= 15 is 0 Å². The summed E-state index contributed by atoms with van der Waals surface area (Å²) in [6, 6.07) is 28.6. The largest absolute Gasteiger partial charge is 0.478 e. The number of aromatic carboxylic acids is 1. The molecule has 2 nitrogen and oxygen atoms in total. The average Bonchev–Trinajstić information content (AvgIpc) is 2.70. The first-order valence-corrected chi connectivity index (χ1v) is 9.31. The van der Waals surface area contributed by atoms with E-state index in [-0.39, 0.29) is 0 Å². The summed E-state index contributed by atoms with van der Waals surface area (Å²) in [7, 11) is 0. The van der Waals surface area contributed by atoms with Gasteiger partial charge in [-0.15, -0.1) is 0 Å². The average molecular weight is 362 g/mol. The van der Waals surface area contributed by atoms with Gasteiger partial charge in [0.2, 0.25) is 0 Å². The van der Waals surface area contributed by atoms with Gasteiger partial charge in [-0.3, -0.25) is 0 Å². The van der Waals surface area contributed by atoms with Crippen molar-refractivity contribution in [2.24, 2.45) is 0 Å². The Morgan fingerprint density at radius 3 is 2.04 bits per heavy atom. The zero-order chi connectivity index (χ0) is 19.3. The summed E-state index contributed by atoms with van der Waals surface area (Å²) in [6.45, 7) is 1.98. The molecule has 0 aliphatic rings. The van der Waals surface area contributed by atoms with Gasteiger partial charge < -0.3 is 5.11 Å². The number of carboxylic acids is 1. The van der Waals surface area contributed by atoms with Gasteiger partial charge in [0.1, 0.15) is 0 Å². The molecule has 0 radical (unpaired) electrons. The Balaban J connectivity index is 2.05. The number of aryl methyl sites for hydroxylation is 1. The maximum Gasteiger partial charge on any atom is 0.336 e. The van der Waals surface area contributed by atoms with Crippen molar-refractivity contribution in [1.82, 2.24) is 0 Å². The highest BCUT2D eigenvalue weighted by Crippen LogP contribution is 2.41. The second-order valence-corrected chi connectivity index (χ2v) is 7.20. The molecule has 0 saturated heterocycles. The zero-order valence-corrected chi connectivity index (χ0v) is 15.4. The van der Waals surface area contributed by atoms with E-state index in [1.54, 1.807) is 6.07 Å². The molecule has 134 valence electrons. The van der Waals surface area contributed by atoms with Crippen molar-refractivity contribution < 1.29 is 9.90 Å².